The number of benzene rings is 3. The molecule has 0 amide bonds. The zero-order chi connectivity index (χ0) is 11.0. The van der Waals surface area contributed by atoms with Crippen molar-refractivity contribution in [1.82, 2.24) is 0 Å². The summed E-state index contributed by atoms with van der Waals surface area (Å²) in [4.78, 5) is 0. The minimum absolute atomic E-state index is 1.31. The molecule has 0 aliphatic heterocycles. The van der Waals surface area contributed by atoms with Crippen LogP contribution in [0.5, 0.6) is 0 Å². The number of hydrogen-bond donors (Lipinski definition) is 0. The van der Waals surface area contributed by atoms with Crippen molar-refractivity contribution in [2.75, 3.05) is 0 Å². The number of fused-ring (bicyclic) bond motifs is 3. The second kappa shape index (κ2) is 3.64. The quantitative estimate of drug-likeness (QED) is 0.511. The van der Waals surface area contributed by atoms with Crippen LogP contribution in [-0.2, 0) is 0 Å². The SMILES string of the molecule is C[CH]c1cc2ccccc2c2ccccc12. The van der Waals surface area contributed by atoms with E-state index in [1.807, 2.05) is 0 Å². The molecule has 0 saturated carbocycles. The van der Waals surface area contributed by atoms with Crippen molar-refractivity contribution in [3.63, 3.8) is 0 Å². The van der Waals surface area contributed by atoms with Crippen LogP contribution >= 0.6 is 0 Å². The summed E-state index contributed by atoms with van der Waals surface area (Å²) < 4.78 is 0. The minimum Gasteiger partial charge on any atom is -0.0616 e. The van der Waals surface area contributed by atoms with Gasteiger partial charge in [0.05, 0.1) is 0 Å². The Kier molecular flexibility index (Phi) is 2.14. The van der Waals surface area contributed by atoms with Crippen LogP contribution in [0, 0.1) is 6.42 Å². The summed E-state index contributed by atoms with van der Waals surface area (Å²) in [5.74, 6) is 0. The van der Waals surface area contributed by atoms with Crippen LogP contribution in [0.2, 0.25) is 0 Å². The first-order chi connectivity index (χ1) is 7.90. The van der Waals surface area contributed by atoms with E-state index in [0.29, 0.717) is 0 Å². The molecule has 3 aromatic carbocycles. The molecule has 0 atom stereocenters. The molecule has 16 heavy (non-hydrogen) atoms. The Morgan fingerprint density at radius 2 is 1.38 bits per heavy atom. The zero-order valence-electron chi connectivity index (χ0n) is 9.27. The third-order valence-electron chi connectivity index (χ3n) is 3.11. The lowest BCUT2D eigenvalue weighted by atomic mass is 9.96. The largest absolute Gasteiger partial charge is 0.0616 e. The smallest absolute Gasteiger partial charge is 0.0103 e. The highest BCUT2D eigenvalue weighted by Crippen LogP contribution is 2.29. The summed E-state index contributed by atoms with van der Waals surface area (Å²) in [5, 5.41) is 5.33. The molecule has 3 aromatic rings. The second-order valence-corrected chi connectivity index (χ2v) is 4.02. The summed E-state index contributed by atoms with van der Waals surface area (Å²) in [6.45, 7) is 2.09. The fourth-order valence-electron chi connectivity index (χ4n) is 2.32. The van der Waals surface area contributed by atoms with E-state index >= 15 is 0 Å². The van der Waals surface area contributed by atoms with Crippen molar-refractivity contribution in [1.29, 1.82) is 0 Å². The standard InChI is InChI=1S/C16H13/c1-2-12-11-13-7-3-4-9-15(13)16-10-6-5-8-14(12)16/h2-11H,1H3. The maximum absolute atomic E-state index is 2.26. The van der Waals surface area contributed by atoms with Gasteiger partial charge in [0.2, 0.25) is 0 Å². The van der Waals surface area contributed by atoms with Crippen molar-refractivity contribution < 1.29 is 0 Å². The molecule has 0 saturated heterocycles. The molecule has 0 bridgehead atoms. The maximum atomic E-state index is 2.26. The highest BCUT2D eigenvalue weighted by atomic mass is 14.1. The molecule has 0 aromatic heterocycles. The van der Waals surface area contributed by atoms with Gasteiger partial charge in [-0.2, -0.15) is 0 Å². The molecule has 0 aliphatic rings. The van der Waals surface area contributed by atoms with Gasteiger partial charge in [0.25, 0.3) is 0 Å². The highest BCUT2D eigenvalue weighted by molar-refractivity contribution is 6.09. The van der Waals surface area contributed by atoms with Gasteiger partial charge in [-0.1, -0.05) is 61.5 Å². The average Bonchev–Trinajstić information content (AvgIpc) is 2.38. The average molecular weight is 205 g/mol. The Labute approximate surface area is 95.5 Å². The molecule has 0 nitrogen and oxygen atoms in total. The van der Waals surface area contributed by atoms with Crippen LogP contribution in [0.1, 0.15) is 12.5 Å². The van der Waals surface area contributed by atoms with E-state index in [4.69, 9.17) is 0 Å². The van der Waals surface area contributed by atoms with Gasteiger partial charge in [0, 0.05) is 0 Å². The van der Waals surface area contributed by atoms with Crippen LogP contribution in [0.3, 0.4) is 0 Å². The predicted octanol–water partition coefficient (Wildman–Crippen LogP) is 4.57. The van der Waals surface area contributed by atoms with Crippen LogP contribution in [0.25, 0.3) is 21.5 Å². The van der Waals surface area contributed by atoms with E-state index in [2.05, 4.69) is 67.9 Å². The molecule has 0 heterocycles. The van der Waals surface area contributed by atoms with E-state index in [-0.39, 0.29) is 0 Å². The van der Waals surface area contributed by atoms with Gasteiger partial charge in [-0.3, -0.25) is 0 Å². The van der Waals surface area contributed by atoms with E-state index in [1.165, 1.54) is 27.1 Å². The lowest BCUT2D eigenvalue weighted by Crippen LogP contribution is -1.84. The fraction of sp³-hybridized carbons (Fsp3) is 0.0625. The Morgan fingerprint density at radius 3 is 2.12 bits per heavy atom. The lowest BCUT2D eigenvalue weighted by Gasteiger charge is -2.08. The summed E-state index contributed by atoms with van der Waals surface area (Å²) in [5.41, 5.74) is 1.31. The predicted molar refractivity (Wildman–Crippen MR) is 70.5 cm³/mol. The van der Waals surface area contributed by atoms with Crippen molar-refractivity contribution in [2.45, 2.75) is 6.92 Å². The molecule has 0 unspecified atom stereocenters. The minimum atomic E-state index is 1.31. The lowest BCUT2D eigenvalue weighted by molar-refractivity contribution is 1.47. The van der Waals surface area contributed by atoms with Crippen LogP contribution < -0.4 is 0 Å². The van der Waals surface area contributed by atoms with E-state index in [1.54, 1.807) is 0 Å². The molecule has 77 valence electrons. The summed E-state index contributed by atoms with van der Waals surface area (Å²) in [7, 11) is 0. The summed E-state index contributed by atoms with van der Waals surface area (Å²) in [6.07, 6.45) is 2.18. The Balaban J connectivity index is 2.57. The number of hydrogen-bond acceptors (Lipinski definition) is 0. The van der Waals surface area contributed by atoms with E-state index in [9.17, 15) is 0 Å². The number of rotatable bonds is 1. The first kappa shape index (κ1) is 9.41. The van der Waals surface area contributed by atoms with Crippen molar-refractivity contribution in [3.05, 3.63) is 66.6 Å². The molecular weight excluding hydrogens is 192 g/mol. The first-order valence-corrected chi connectivity index (χ1v) is 5.60. The molecule has 3 rings (SSSR count). The van der Waals surface area contributed by atoms with Gasteiger partial charge in [-0.05, 0) is 33.5 Å². The Hall–Kier alpha value is -1.82. The van der Waals surface area contributed by atoms with Gasteiger partial charge in [-0.25, -0.2) is 0 Å². The maximum Gasteiger partial charge on any atom is -0.0103 e. The van der Waals surface area contributed by atoms with Crippen LogP contribution in [-0.4, -0.2) is 0 Å². The van der Waals surface area contributed by atoms with Gasteiger partial charge in [-0.15, -0.1) is 0 Å². The topological polar surface area (TPSA) is 0 Å². The van der Waals surface area contributed by atoms with Crippen LogP contribution in [0.4, 0.5) is 0 Å². The van der Waals surface area contributed by atoms with Gasteiger partial charge in [0.1, 0.15) is 0 Å². The Bertz CT molecular complexity index is 650. The monoisotopic (exact) mass is 205 g/mol. The summed E-state index contributed by atoms with van der Waals surface area (Å²) >= 11 is 0. The molecule has 0 aliphatic carbocycles. The fourth-order valence-corrected chi connectivity index (χ4v) is 2.32. The van der Waals surface area contributed by atoms with Gasteiger partial charge in [0.15, 0.2) is 0 Å². The third kappa shape index (κ3) is 1.30. The molecule has 0 fully saturated rings. The third-order valence-corrected chi connectivity index (χ3v) is 3.11. The van der Waals surface area contributed by atoms with E-state index in [0.717, 1.165) is 0 Å². The Morgan fingerprint density at radius 1 is 0.750 bits per heavy atom. The molecule has 1 radical (unpaired) electrons. The van der Waals surface area contributed by atoms with Crippen molar-refractivity contribution in [3.8, 4) is 0 Å². The molecule has 0 heteroatoms. The highest BCUT2D eigenvalue weighted by Gasteiger charge is 2.03. The van der Waals surface area contributed by atoms with Crippen molar-refractivity contribution in [2.24, 2.45) is 0 Å². The van der Waals surface area contributed by atoms with E-state index < -0.39 is 0 Å². The van der Waals surface area contributed by atoms with Crippen molar-refractivity contribution >= 4 is 21.5 Å². The normalized spacial score (nSPS) is 11.1. The second-order valence-electron chi connectivity index (χ2n) is 4.02. The summed E-state index contributed by atoms with van der Waals surface area (Å²) in [6, 6.07) is 19.4. The van der Waals surface area contributed by atoms with Crippen LogP contribution in [0.15, 0.2) is 54.6 Å². The molecule has 0 spiro atoms. The zero-order valence-corrected chi connectivity index (χ0v) is 9.27. The molecular formula is C16H13. The van der Waals surface area contributed by atoms with Gasteiger partial charge < -0.3 is 0 Å². The van der Waals surface area contributed by atoms with Gasteiger partial charge >= 0.3 is 0 Å². The first-order valence-electron chi connectivity index (χ1n) is 5.60. The molecule has 0 N–H and O–H groups in total.